The van der Waals surface area contributed by atoms with Crippen molar-refractivity contribution in [2.45, 2.75) is 33.8 Å². The first-order chi connectivity index (χ1) is 6.95. The van der Waals surface area contributed by atoms with E-state index in [4.69, 9.17) is 4.74 Å². The molecule has 0 heterocycles. The molecule has 0 amide bonds. The van der Waals surface area contributed by atoms with Gasteiger partial charge in [-0.15, -0.1) is 0 Å². The molecule has 0 bridgehead atoms. The number of methoxy groups -OCH3 is 1. The van der Waals surface area contributed by atoms with Crippen molar-refractivity contribution < 1.29 is 14.3 Å². The molecule has 0 rings (SSSR count). The first-order valence-electron chi connectivity index (χ1n) is 5.12. The zero-order valence-electron chi connectivity index (χ0n) is 10.1. The van der Waals surface area contributed by atoms with Gasteiger partial charge in [-0.05, 0) is 20.8 Å². The molecule has 0 aromatic rings. The molecule has 0 aliphatic rings. The molecule has 3 unspecified atom stereocenters. The van der Waals surface area contributed by atoms with Gasteiger partial charge >= 0.3 is 0 Å². The molecule has 3 heteroatoms. The number of rotatable bonds is 6. The standard InChI is InChI=1S/C12H20O3/c1-6-7-11(15-5)12(10(4)14)8(2)9(3)13/h6-8,11-12H,1-5H3/b7-6-. The average Bonchev–Trinajstić information content (AvgIpc) is 2.15. The molecule has 0 aromatic heterocycles. The minimum atomic E-state index is -0.385. The fourth-order valence-electron chi connectivity index (χ4n) is 1.66. The van der Waals surface area contributed by atoms with E-state index in [9.17, 15) is 9.59 Å². The van der Waals surface area contributed by atoms with Crippen LogP contribution in [0.5, 0.6) is 0 Å². The van der Waals surface area contributed by atoms with Gasteiger partial charge in [0.25, 0.3) is 0 Å². The highest BCUT2D eigenvalue weighted by Crippen LogP contribution is 2.21. The molecule has 3 atom stereocenters. The summed E-state index contributed by atoms with van der Waals surface area (Å²) in [5.74, 6) is -0.684. The number of ketones is 2. The predicted octanol–water partition coefficient (Wildman–Crippen LogP) is 2.01. The van der Waals surface area contributed by atoms with Crippen LogP contribution in [0, 0.1) is 11.8 Å². The summed E-state index contributed by atoms with van der Waals surface area (Å²) in [6, 6.07) is 0. The first kappa shape index (κ1) is 14.0. The Labute approximate surface area is 91.5 Å². The molecule has 86 valence electrons. The van der Waals surface area contributed by atoms with Crippen molar-refractivity contribution in [3.63, 3.8) is 0 Å². The quantitative estimate of drug-likeness (QED) is 0.632. The topological polar surface area (TPSA) is 43.4 Å². The Bertz CT molecular complexity index is 256. The molecule has 0 spiro atoms. The van der Waals surface area contributed by atoms with Gasteiger partial charge in [0.15, 0.2) is 0 Å². The zero-order valence-corrected chi connectivity index (χ0v) is 10.1. The summed E-state index contributed by atoms with van der Waals surface area (Å²) in [6.07, 6.45) is 3.33. The molecular weight excluding hydrogens is 192 g/mol. The molecule has 3 nitrogen and oxygen atoms in total. The fourth-order valence-corrected chi connectivity index (χ4v) is 1.66. The summed E-state index contributed by atoms with van der Waals surface area (Å²) in [6.45, 7) is 6.63. The van der Waals surface area contributed by atoms with Crippen LogP contribution in [-0.2, 0) is 14.3 Å². The third-order valence-corrected chi connectivity index (χ3v) is 2.66. The lowest BCUT2D eigenvalue weighted by Crippen LogP contribution is -2.35. The molecule has 0 aliphatic heterocycles. The maximum absolute atomic E-state index is 11.5. The van der Waals surface area contributed by atoms with Crippen molar-refractivity contribution in [3.8, 4) is 0 Å². The van der Waals surface area contributed by atoms with Gasteiger partial charge in [0.05, 0.1) is 12.0 Å². The van der Waals surface area contributed by atoms with E-state index in [2.05, 4.69) is 0 Å². The lowest BCUT2D eigenvalue weighted by molar-refractivity contribution is -0.133. The van der Waals surface area contributed by atoms with Crippen molar-refractivity contribution in [1.29, 1.82) is 0 Å². The van der Waals surface area contributed by atoms with Crippen LogP contribution in [-0.4, -0.2) is 24.8 Å². The SMILES string of the molecule is C/C=C\C(OC)C(C(C)=O)C(C)C(C)=O. The maximum Gasteiger partial charge on any atom is 0.136 e. The van der Waals surface area contributed by atoms with Crippen molar-refractivity contribution in [2.75, 3.05) is 7.11 Å². The second-order valence-corrected chi connectivity index (χ2v) is 3.76. The normalized spacial score (nSPS) is 17.4. The van der Waals surface area contributed by atoms with Crippen LogP contribution < -0.4 is 0 Å². The van der Waals surface area contributed by atoms with Crippen molar-refractivity contribution in [3.05, 3.63) is 12.2 Å². The Kier molecular flexibility index (Phi) is 6.09. The first-order valence-corrected chi connectivity index (χ1v) is 5.12. The van der Waals surface area contributed by atoms with Crippen LogP contribution in [0.1, 0.15) is 27.7 Å². The van der Waals surface area contributed by atoms with Crippen molar-refractivity contribution >= 4 is 11.6 Å². The number of allylic oxidation sites excluding steroid dienone is 1. The number of hydrogen-bond donors (Lipinski definition) is 0. The summed E-state index contributed by atoms with van der Waals surface area (Å²) in [5, 5.41) is 0. The summed E-state index contributed by atoms with van der Waals surface area (Å²) < 4.78 is 5.23. The smallest absolute Gasteiger partial charge is 0.136 e. The molecule has 0 aromatic carbocycles. The summed E-state index contributed by atoms with van der Waals surface area (Å²) >= 11 is 0. The zero-order chi connectivity index (χ0) is 12.0. The summed E-state index contributed by atoms with van der Waals surface area (Å²) in [4.78, 5) is 22.8. The number of carbonyl (C=O) groups is 2. The van der Waals surface area contributed by atoms with Gasteiger partial charge in [-0.2, -0.15) is 0 Å². The molecule has 0 N–H and O–H groups in total. The Morgan fingerprint density at radius 3 is 2.00 bits per heavy atom. The number of Topliss-reactive ketones (excluding diaryl/α,β-unsaturated/α-hetero) is 2. The van der Waals surface area contributed by atoms with Gasteiger partial charge in [-0.25, -0.2) is 0 Å². The van der Waals surface area contributed by atoms with Crippen LogP contribution in [0.2, 0.25) is 0 Å². The lowest BCUT2D eigenvalue weighted by atomic mass is 9.83. The van der Waals surface area contributed by atoms with Crippen molar-refractivity contribution in [1.82, 2.24) is 0 Å². The largest absolute Gasteiger partial charge is 0.377 e. The van der Waals surface area contributed by atoms with Crippen LogP contribution in [0.15, 0.2) is 12.2 Å². The Morgan fingerprint density at radius 1 is 1.20 bits per heavy atom. The lowest BCUT2D eigenvalue weighted by Gasteiger charge is -2.25. The van der Waals surface area contributed by atoms with Crippen molar-refractivity contribution in [2.24, 2.45) is 11.8 Å². The molecular formula is C12H20O3. The third-order valence-electron chi connectivity index (χ3n) is 2.66. The second kappa shape index (κ2) is 6.51. The summed E-state index contributed by atoms with van der Waals surface area (Å²) in [5.41, 5.74) is 0. The van der Waals surface area contributed by atoms with E-state index in [0.717, 1.165) is 0 Å². The molecule has 0 fully saturated rings. The molecule has 15 heavy (non-hydrogen) atoms. The average molecular weight is 212 g/mol. The number of carbonyl (C=O) groups excluding carboxylic acids is 2. The van der Waals surface area contributed by atoms with Crippen LogP contribution in [0.3, 0.4) is 0 Å². The Morgan fingerprint density at radius 2 is 1.73 bits per heavy atom. The minimum Gasteiger partial charge on any atom is -0.377 e. The van der Waals surface area contributed by atoms with E-state index in [-0.39, 0.29) is 29.5 Å². The number of ether oxygens (including phenoxy) is 1. The Balaban J connectivity index is 4.93. The summed E-state index contributed by atoms with van der Waals surface area (Å²) in [7, 11) is 1.55. The van der Waals surface area contributed by atoms with E-state index in [1.165, 1.54) is 13.8 Å². The van der Waals surface area contributed by atoms with E-state index in [1.807, 2.05) is 19.1 Å². The highest BCUT2D eigenvalue weighted by atomic mass is 16.5. The Hall–Kier alpha value is -0.960. The van der Waals surface area contributed by atoms with E-state index in [1.54, 1.807) is 14.0 Å². The monoisotopic (exact) mass is 212 g/mol. The van der Waals surface area contributed by atoms with E-state index < -0.39 is 0 Å². The van der Waals surface area contributed by atoms with Gasteiger partial charge in [-0.1, -0.05) is 19.1 Å². The van der Waals surface area contributed by atoms with Gasteiger partial charge < -0.3 is 4.74 Å². The van der Waals surface area contributed by atoms with Gasteiger partial charge in [0.1, 0.15) is 11.6 Å². The second-order valence-electron chi connectivity index (χ2n) is 3.76. The van der Waals surface area contributed by atoms with Gasteiger partial charge in [0.2, 0.25) is 0 Å². The van der Waals surface area contributed by atoms with Crippen LogP contribution >= 0.6 is 0 Å². The van der Waals surface area contributed by atoms with E-state index >= 15 is 0 Å². The predicted molar refractivity (Wildman–Crippen MR) is 59.6 cm³/mol. The molecule has 0 saturated carbocycles. The third kappa shape index (κ3) is 3.96. The fraction of sp³-hybridized carbons (Fsp3) is 0.667. The molecule has 0 saturated heterocycles. The molecule has 0 aliphatic carbocycles. The van der Waals surface area contributed by atoms with E-state index in [0.29, 0.717) is 0 Å². The molecule has 0 radical (unpaired) electrons. The minimum absolute atomic E-state index is 0.0114. The van der Waals surface area contributed by atoms with Crippen LogP contribution in [0.4, 0.5) is 0 Å². The van der Waals surface area contributed by atoms with Gasteiger partial charge in [-0.3, -0.25) is 9.59 Å². The van der Waals surface area contributed by atoms with Crippen LogP contribution in [0.25, 0.3) is 0 Å². The van der Waals surface area contributed by atoms with Gasteiger partial charge in [0, 0.05) is 13.0 Å². The highest BCUT2D eigenvalue weighted by molar-refractivity contribution is 5.87. The number of hydrogen-bond acceptors (Lipinski definition) is 3. The highest BCUT2D eigenvalue weighted by Gasteiger charge is 2.31. The maximum atomic E-state index is 11.5.